The quantitative estimate of drug-likeness (QED) is 0.203. The maximum absolute atomic E-state index is 4.07. The Bertz CT molecular complexity index is 622. The third kappa shape index (κ3) is 8.41. The van der Waals surface area contributed by atoms with Gasteiger partial charge in [-0.3, -0.25) is 9.80 Å². The summed E-state index contributed by atoms with van der Waals surface area (Å²) in [7, 11) is 0. The molecule has 4 rings (SSSR count). The fourth-order valence-electron chi connectivity index (χ4n) is 8.38. The third-order valence-electron chi connectivity index (χ3n) is 11.1. The van der Waals surface area contributed by atoms with Gasteiger partial charge in [-0.05, 0) is 67.6 Å². The highest BCUT2D eigenvalue weighted by Gasteiger charge is 2.56. The summed E-state index contributed by atoms with van der Waals surface area (Å²) in [4.78, 5) is 5.61. The molecule has 4 fully saturated rings. The largest absolute Gasteiger partial charge is 0.312 e. The van der Waals surface area contributed by atoms with Crippen LogP contribution in [0.15, 0.2) is 0 Å². The Hall–Kier alpha value is -0.160. The van der Waals surface area contributed by atoms with E-state index < -0.39 is 0 Å². The highest BCUT2D eigenvalue weighted by atomic mass is 15.4. The predicted molar refractivity (Wildman–Crippen MR) is 162 cm³/mol. The molecule has 0 aromatic heterocycles. The van der Waals surface area contributed by atoms with Crippen molar-refractivity contribution in [2.75, 3.05) is 45.9 Å². The molecule has 0 aromatic rings. The van der Waals surface area contributed by atoms with E-state index in [0.29, 0.717) is 5.41 Å². The Morgan fingerprint density at radius 2 is 1.38 bits per heavy atom. The summed E-state index contributed by atoms with van der Waals surface area (Å²) in [5.74, 6) is 4.37. The Kier molecular flexibility index (Phi) is 12.3. The molecule has 0 aromatic carbocycles. The van der Waals surface area contributed by atoms with Crippen molar-refractivity contribution in [2.24, 2.45) is 35.0 Å². The number of hydrogen-bond donors (Lipinski definition) is 2. The second-order valence-corrected chi connectivity index (χ2v) is 14.5. The highest BCUT2D eigenvalue weighted by Crippen LogP contribution is 2.61. The first-order chi connectivity index (χ1) is 17.7. The van der Waals surface area contributed by atoms with E-state index in [1.807, 2.05) is 0 Å². The minimum atomic E-state index is 0.175. The molecular weight excluding hydrogens is 452 g/mol. The molecule has 2 unspecified atom stereocenters. The Labute approximate surface area is 232 Å². The first kappa shape index (κ1) is 31.4. The van der Waals surface area contributed by atoms with Gasteiger partial charge >= 0.3 is 0 Å². The highest BCUT2D eigenvalue weighted by molar-refractivity contribution is 5.07. The van der Waals surface area contributed by atoms with Crippen LogP contribution >= 0.6 is 0 Å². The lowest BCUT2D eigenvalue weighted by Gasteiger charge is -2.62. The summed E-state index contributed by atoms with van der Waals surface area (Å²) in [6, 6.07) is 0.721. The summed E-state index contributed by atoms with van der Waals surface area (Å²) in [6.45, 7) is 27.8. The molecule has 3 aliphatic carbocycles. The van der Waals surface area contributed by atoms with Gasteiger partial charge in [0.15, 0.2) is 0 Å². The van der Waals surface area contributed by atoms with Gasteiger partial charge in [0.05, 0.1) is 6.67 Å². The van der Waals surface area contributed by atoms with Gasteiger partial charge in [-0.1, -0.05) is 87.0 Å². The van der Waals surface area contributed by atoms with Crippen molar-refractivity contribution in [3.8, 4) is 0 Å². The van der Waals surface area contributed by atoms with E-state index in [9.17, 15) is 0 Å². The fourth-order valence-corrected chi connectivity index (χ4v) is 8.38. The SMILES string of the molecule is CCCCC(CC)CN1CN(CC(CC)CCCC)CC(C)(NCCN[C@H]2C[C@H]3C[C@@H]([C@@H]2C)C3(C)C)C1. The Morgan fingerprint density at radius 1 is 0.811 bits per heavy atom. The zero-order chi connectivity index (χ0) is 27.1. The molecule has 2 bridgehead atoms. The first-order valence-corrected chi connectivity index (χ1v) is 16.6. The Morgan fingerprint density at radius 3 is 1.84 bits per heavy atom. The molecule has 4 aliphatic rings. The van der Waals surface area contributed by atoms with E-state index in [1.165, 1.54) is 97.1 Å². The van der Waals surface area contributed by atoms with E-state index >= 15 is 0 Å². The zero-order valence-corrected chi connectivity index (χ0v) is 26.4. The molecule has 1 saturated heterocycles. The standard InChI is InChI=1S/C33H66N4/c1-9-13-15-27(11-3)21-36-23-33(8,24-37(25-36)22-28(12-4)16-14-10-2)35-18-17-34-31-20-29-19-30(26(31)5)32(29,6)7/h26-31,34-35H,9-25H2,1-8H3/t26-,27?,28?,29+,30-,31-,33?/m0/s1. The van der Waals surface area contributed by atoms with Gasteiger partial charge in [0.2, 0.25) is 0 Å². The van der Waals surface area contributed by atoms with Gasteiger partial charge in [-0.15, -0.1) is 0 Å². The summed E-state index contributed by atoms with van der Waals surface area (Å²) in [5, 5.41) is 8.06. The van der Waals surface area contributed by atoms with Crippen LogP contribution in [0, 0.1) is 35.0 Å². The van der Waals surface area contributed by atoms with Crippen LogP contribution in [0.5, 0.6) is 0 Å². The third-order valence-corrected chi connectivity index (χ3v) is 11.1. The van der Waals surface area contributed by atoms with Crippen LogP contribution in [0.3, 0.4) is 0 Å². The molecule has 218 valence electrons. The van der Waals surface area contributed by atoms with E-state index in [1.54, 1.807) is 0 Å². The molecule has 1 aliphatic heterocycles. The van der Waals surface area contributed by atoms with Crippen molar-refractivity contribution in [1.29, 1.82) is 0 Å². The summed E-state index contributed by atoms with van der Waals surface area (Å²) in [5.41, 5.74) is 0.758. The molecule has 37 heavy (non-hydrogen) atoms. The number of unbranched alkanes of at least 4 members (excludes halogenated alkanes) is 2. The molecule has 0 amide bonds. The van der Waals surface area contributed by atoms with E-state index in [2.05, 4.69) is 75.8 Å². The number of fused-ring (bicyclic) bond motifs is 2. The minimum absolute atomic E-state index is 0.175. The lowest BCUT2D eigenvalue weighted by Crippen LogP contribution is -2.66. The Balaban J connectivity index is 1.54. The first-order valence-electron chi connectivity index (χ1n) is 16.6. The average molecular weight is 519 g/mol. The molecule has 3 saturated carbocycles. The van der Waals surface area contributed by atoms with Crippen LogP contribution in [0.25, 0.3) is 0 Å². The van der Waals surface area contributed by atoms with Crippen LogP contribution in [0.1, 0.15) is 120 Å². The van der Waals surface area contributed by atoms with E-state index in [-0.39, 0.29) is 5.54 Å². The molecule has 0 spiro atoms. The summed E-state index contributed by atoms with van der Waals surface area (Å²) in [6.07, 6.45) is 13.7. The molecule has 1 heterocycles. The molecule has 6 atom stereocenters. The molecule has 4 nitrogen and oxygen atoms in total. The van der Waals surface area contributed by atoms with Crippen molar-refractivity contribution in [3.05, 3.63) is 0 Å². The number of rotatable bonds is 17. The maximum Gasteiger partial charge on any atom is 0.0507 e. The van der Waals surface area contributed by atoms with Gasteiger partial charge in [0, 0.05) is 50.8 Å². The van der Waals surface area contributed by atoms with Crippen molar-refractivity contribution in [2.45, 2.75) is 131 Å². The van der Waals surface area contributed by atoms with Gasteiger partial charge in [0.1, 0.15) is 0 Å². The second kappa shape index (κ2) is 14.5. The van der Waals surface area contributed by atoms with Crippen LogP contribution in [-0.2, 0) is 0 Å². The molecule has 2 N–H and O–H groups in total. The van der Waals surface area contributed by atoms with Crippen LogP contribution in [0.2, 0.25) is 0 Å². The average Bonchev–Trinajstić information content (AvgIpc) is 2.86. The van der Waals surface area contributed by atoms with Crippen molar-refractivity contribution < 1.29 is 0 Å². The van der Waals surface area contributed by atoms with Gasteiger partial charge in [-0.25, -0.2) is 0 Å². The number of nitrogens with zero attached hydrogens (tertiary/aromatic N) is 2. The fraction of sp³-hybridized carbons (Fsp3) is 1.00. The van der Waals surface area contributed by atoms with Crippen LogP contribution in [0.4, 0.5) is 0 Å². The molecule has 0 radical (unpaired) electrons. The van der Waals surface area contributed by atoms with E-state index in [4.69, 9.17) is 0 Å². The maximum atomic E-state index is 4.07. The van der Waals surface area contributed by atoms with Crippen molar-refractivity contribution in [3.63, 3.8) is 0 Å². The van der Waals surface area contributed by atoms with Gasteiger partial charge < -0.3 is 10.6 Å². The smallest absolute Gasteiger partial charge is 0.0507 e. The van der Waals surface area contributed by atoms with Crippen molar-refractivity contribution >= 4 is 0 Å². The minimum Gasteiger partial charge on any atom is -0.312 e. The van der Waals surface area contributed by atoms with Crippen LogP contribution in [-0.4, -0.2) is 67.3 Å². The van der Waals surface area contributed by atoms with Crippen molar-refractivity contribution in [1.82, 2.24) is 20.4 Å². The molecule has 4 heteroatoms. The topological polar surface area (TPSA) is 30.5 Å². The summed E-state index contributed by atoms with van der Waals surface area (Å²) < 4.78 is 0. The second-order valence-electron chi connectivity index (χ2n) is 14.5. The van der Waals surface area contributed by atoms with Gasteiger partial charge in [-0.2, -0.15) is 0 Å². The van der Waals surface area contributed by atoms with E-state index in [0.717, 1.165) is 48.7 Å². The zero-order valence-electron chi connectivity index (χ0n) is 26.4. The number of nitrogens with one attached hydrogen (secondary N) is 2. The monoisotopic (exact) mass is 519 g/mol. The van der Waals surface area contributed by atoms with Crippen LogP contribution < -0.4 is 10.6 Å². The molecular formula is C33H66N4. The predicted octanol–water partition coefficient (Wildman–Crippen LogP) is 7.00. The lowest BCUT2D eigenvalue weighted by molar-refractivity contribution is -0.114. The number of hydrogen-bond acceptors (Lipinski definition) is 4. The lowest BCUT2D eigenvalue weighted by atomic mass is 9.45. The van der Waals surface area contributed by atoms with Gasteiger partial charge in [0.25, 0.3) is 0 Å². The summed E-state index contributed by atoms with van der Waals surface area (Å²) >= 11 is 0. The normalized spacial score (nSPS) is 33.7.